The van der Waals surface area contributed by atoms with Crippen LogP contribution in [0.15, 0.2) is 122 Å². The van der Waals surface area contributed by atoms with Crippen molar-refractivity contribution in [2.45, 2.75) is 97.0 Å². The van der Waals surface area contributed by atoms with E-state index in [1.165, 1.54) is 0 Å². The number of carbonyl (C=O) groups excluding carboxylic acids is 2. The van der Waals surface area contributed by atoms with Gasteiger partial charge in [0.2, 0.25) is 0 Å². The number of rotatable bonds is 28. The fourth-order valence-electron chi connectivity index (χ4n) is 3.64. The zero-order chi connectivity index (χ0) is 35.4. The molecule has 0 aliphatic rings. The largest absolute Gasteiger partial charge is 0.469 e. The average molecular weight is 685 g/mol. The maximum atomic E-state index is 12.3. The smallest absolute Gasteiger partial charge is 0.461 e. The normalized spacial score (nSPS) is 14.0. The van der Waals surface area contributed by atoms with Crippen LogP contribution in [0, 0.1) is 0 Å². The van der Waals surface area contributed by atoms with E-state index in [1.807, 2.05) is 36.5 Å². The monoisotopic (exact) mass is 684 g/mol. The van der Waals surface area contributed by atoms with Crippen LogP contribution in [0.2, 0.25) is 0 Å². The average Bonchev–Trinajstić information content (AvgIpc) is 3.05. The topological polar surface area (TPSA) is 119 Å². The Hall–Kier alpha value is -3.55. The van der Waals surface area contributed by atoms with E-state index >= 15 is 0 Å². The standard InChI is InChI=1S/C39H57O8P/c1-3-5-7-9-11-13-15-17-19-21-23-25-27-29-31-33-38(40)45-35-37(36-46-48(42,43)44)47-39(41)34-32-30-28-26-24-22-20-18-16-14-12-10-8-6-4-2/h5-8,11-14,17-20,23-26,29-32,37H,3-4,9-10,15-16,21-22,27-28,33-36H2,1-2H3,(H2,42,43,44)/b7-5-,8-6-,13-11-,14-12-,19-17-,20-18-,25-23-,26-24-,31-29-,32-30-. The van der Waals surface area contributed by atoms with Gasteiger partial charge in [-0.05, 0) is 64.2 Å². The lowest BCUT2D eigenvalue weighted by Crippen LogP contribution is -2.29. The van der Waals surface area contributed by atoms with Crippen molar-refractivity contribution in [1.29, 1.82) is 0 Å². The van der Waals surface area contributed by atoms with Gasteiger partial charge in [-0.1, -0.05) is 135 Å². The molecule has 0 saturated carbocycles. The van der Waals surface area contributed by atoms with Gasteiger partial charge in [0.05, 0.1) is 19.4 Å². The molecule has 0 aliphatic heterocycles. The van der Waals surface area contributed by atoms with Crippen LogP contribution in [0.1, 0.15) is 90.9 Å². The first-order chi connectivity index (χ1) is 23.3. The molecule has 0 aromatic rings. The van der Waals surface area contributed by atoms with Crippen LogP contribution in [0.5, 0.6) is 0 Å². The van der Waals surface area contributed by atoms with Gasteiger partial charge in [0.25, 0.3) is 0 Å². The van der Waals surface area contributed by atoms with E-state index in [2.05, 4.69) is 91.3 Å². The van der Waals surface area contributed by atoms with Crippen molar-refractivity contribution in [3.8, 4) is 0 Å². The molecule has 0 saturated heterocycles. The summed E-state index contributed by atoms with van der Waals surface area (Å²) >= 11 is 0. The molecule has 0 spiro atoms. The molecule has 0 aliphatic carbocycles. The second-order valence-corrected chi connectivity index (χ2v) is 11.6. The summed E-state index contributed by atoms with van der Waals surface area (Å²) in [4.78, 5) is 42.4. The number of allylic oxidation sites excluding steroid dienone is 18. The summed E-state index contributed by atoms with van der Waals surface area (Å²) in [5.41, 5.74) is 0. The minimum absolute atomic E-state index is 0.00751. The molecule has 0 bridgehead atoms. The van der Waals surface area contributed by atoms with Crippen molar-refractivity contribution in [2.75, 3.05) is 13.2 Å². The number of carbonyl (C=O) groups is 2. The van der Waals surface area contributed by atoms with Gasteiger partial charge < -0.3 is 19.3 Å². The molecule has 2 N–H and O–H groups in total. The van der Waals surface area contributed by atoms with E-state index in [0.29, 0.717) is 12.8 Å². The highest BCUT2D eigenvalue weighted by molar-refractivity contribution is 7.46. The summed E-state index contributed by atoms with van der Waals surface area (Å²) in [5.74, 6) is -1.20. The Balaban J connectivity index is 4.35. The van der Waals surface area contributed by atoms with Crippen molar-refractivity contribution in [3.05, 3.63) is 122 Å². The molecule has 266 valence electrons. The number of hydrogen-bond donors (Lipinski definition) is 2. The summed E-state index contributed by atoms with van der Waals surface area (Å²) in [6, 6.07) is 0. The Morgan fingerprint density at radius 1 is 0.500 bits per heavy atom. The molecule has 0 aromatic carbocycles. The Morgan fingerprint density at radius 3 is 1.15 bits per heavy atom. The van der Waals surface area contributed by atoms with Crippen molar-refractivity contribution in [2.24, 2.45) is 0 Å². The second-order valence-electron chi connectivity index (χ2n) is 10.4. The maximum Gasteiger partial charge on any atom is 0.469 e. The second kappa shape index (κ2) is 33.4. The Morgan fingerprint density at radius 2 is 0.812 bits per heavy atom. The first kappa shape index (κ1) is 44.5. The molecule has 1 unspecified atom stereocenters. The van der Waals surface area contributed by atoms with Gasteiger partial charge in [-0.15, -0.1) is 0 Å². The molecule has 1 atom stereocenters. The van der Waals surface area contributed by atoms with Crippen molar-refractivity contribution < 1.29 is 37.9 Å². The third-order valence-electron chi connectivity index (χ3n) is 6.04. The number of ether oxygens (including phenoxy) is 2. The van der Waals surface area contributed by atoms with Crippen LogP contribution < -0.4 is 0 Å². The van der Waals surface area contributed by atoms with Gasteiger partial charge in [-0.2, -0.15) is 0 Å². The van der Waals surface area contributed by atoms with Gasteiger partial charge in [0.15, 0.2) is 6.10 Å². The third-order valence-corrected chi connectivity index (χ3v) is 6.53. The third kappa shape index (κ3) is 35.3. The van der Waals surface area contributed by atoms with Crippen LogP contribution in [-0.2, 0) is 28.2 Å². The minimum Gasteiger partial charge on any atom is -0.461 e. The zero-order valence-electron chi connectivity index (χ0n) is 28.8. The predicted molar refractivity (Wildman–Crippen MR) is 197 cm³/mol. The van der Waals surface area contributed by atoms with Gasteiger partial charge in [-0.25, -0.2) is 4.57 Å². The SMILES string of the molecule is CC/C=C\C/C=C\C/C=C\C/C=C\C/C=C\CC(=O)OCC(COP(=O)(O)O)OC(=O)C/C=C\C/C=C\C/C=C\C/C=C\C/C=C\CC. The van der Waals surface area contributed by atoms with E-state index in [-0.39, 0.29) is 19.4 Å². The van der Waals surface area contributed by atoms with E-state index in [4.69, 9.17) is 19.3 Å². The zero-order valence-corrected chi connectivity index (χ0v) is 29.7. The summed E-state index contributed by atoms with van der Waals surface area (Å²) in [6.45, 7) is 3.23. The van der Waals surface area contributed by atoms with Crippen LogP contribution in [0.4, 0.5) is 0 Å². The van der Waals surface area contributed by atoms with Gasteiger partial charge in [0.1, 0.15) is 6.61 Å². The highest BCUT2D eigenvalue weighted by Gasteiger charge is 2.22. The van der Waals surface area contributed by atoms with E-state index < -0.39 is 32.5 Å². The Kier molecular flexibility index (Phi) is 30.9. The maximum absolute atomic E-state index is 12.3. The quantitative estimate of drug-likeness (QED) is 0.0475. The number of phosphoric acid groups is 1. The summed E-state index contributed by atoms with van der Waals surface area (Å²) in [6.07, 6.45) is 48.3. The fraction of sp³-hybridized carbons (Fsp3) is 0.436. The predicted octanol–water partition coefficient (Wildman–Crippen LogP) is 9.83. The first-order valence-electron chi connectivity index (χ1n) is 16.8. The fourth-order valence-corrected chi connectivity index (χ4v) is 4.00. The molecule has 0 heterocycles. The van der Waals surface area contributed by atoms with Crippen LogP contribution in [-0.4, -0.2) is 41.0 Å². The van der Waals surface area contributed by atoms with E-state index in [1.54, 1.807) is 12.2 Å². The Labute approximate surface area is 289 Å². The lowest BCUT2D eigenvalue weighted by atomic mass is 10.2. The summed E-state index contributed by atoms with van der Waals surface area (Å²) < 4.78 is 26.0. The van der Waals surface area contributed by atoms with E-state index in [0.717, 1.165) is 51.4 Å². The lowest BCUT2D eigenvalue weighted by Gasteiger charge is -2.18. The van der Waals surface area contributed by atoms with E-state index in [9.17, 15) is 14.2 Å². The Bertz CT molecular complexity index is 1180. The summed E-state index contributed by atoms with van der Waals surface area (Å²) in [5, 5.41) is 0. The molecular weight excluding hydrogens is 627 g/mol. The highest BCUT2D eigenvalue weighted by atomic mass is 31.2. The number of phosphoric ester groups is 1. The molecule has 0 rings (SSSR count). The molecule has 48 heavy (non-hydrogen) atoms. The van der Waals surface area contributed by atoms with Crippen molar-refractivity contribution in [1.82, 2.24) is 0 Å². The van der Waals surface area contributed by atoms with Gasteiger partial charge >= 0.3 is 19.8 Å². The van der Waals surface area contributed by atoms with Gasteiger partial charge in [0, 0.05) is 0 Å². The van der Waals surface area contributed by atoms with Gasteiger partial charge in [-0.3, -0.25) is 14.1 Å². The van der Waals surface area contributed by atoms with Crippen molar-refractivity contribution >= 4 is 19.8 Å². The lowest BCUT2D eigenvalue weighted by molar-refractivity contribution is -0.160. The molecule has 0 aromatic heterocycles. The minimum atomic E-state index is -4.80. The number of esters is 2. The molecule has 8 nitrogen and oxygen atoms in total. The van der Waals surface area contributed by atoms with Crippen LogP contribution in [0.3, 0.4) is 0 Å². The summed E-state index contributed by atoms with van der Waals surface area (Å²) in [7, 11) is -4.80. The number of hydrogen-bond acceptors (Lipinski definition) is 6. The molecule has 0 radical (unpaired) electrons. The molecule has 0 fully saturated rings. The molecule has 9 heteroatoms. The first-order valence-corrected chi connectivity index (χ1v) is 18.4. The van der Waals surface area contributed by atoms with Crippen LogP contribution in [0.25, 0.3) is 0 Å². The molecule has 0 amide bonds. The highest BCUT2D eigenvalue weighted by Crippen LogP contribution is 2.35. The van der Waals surface area contributed by atoms with Crippen molar-refractivity contribution in [3.63, 3.8) is 0 Å². The van der Waals surface area contributed by atoms with Crippen LogP contribution >= 0.6 is 7.82 Å². The molecular formula is C39H57O8P.